The van der Waals surface area contributed by atoms with E-state index in [1.54, 1.807) is 13.0 Å². The molecule has 0 saturated heterocycles. The van der Waals surface area contributed by atoms with Gasteiger partial charge in [-0.1, -0.05) is 0 Å². The molecule has 0 unspecified atom stereocenters. The summed E-state index contributed by atoms with van der Waals surface area (Å²) in [5.74, 6) is -0.236. The summed E-state index contributed by atoms with van der Waals surface area (Å²) >= 11 is 1.40. The van der Waals surface area contributed by atoms with Crippen molar-refractivity contribution in [2.75, 3.05) is 6.61 Å². The van der Waals surface area contributed by atoms with E-state index in [4.69, 9.17) is 4.74 Å². The van der Waals surface area contributed by atoms with Gasteiger partial charge in [-0.2, -0.15) is 0 Å². The van der Waals surface area contributed by atoms with Gasteiger partial charge >= 0.3 is 68.1 Å². The second-order valence-corrected chi connectivity index (χ2v) is 2.84. The van der Waals surface area contributed by atoms with Crippen molar-refractivity contribution in [3.63, 3.8) is 0 Å². The molecule has 0 fully saturated rings. The molecule has 0 saturated carbocycles. The van der Waals surface area contributed by atoms with Crippen LogP contribution in [0.25, 0.3) is 0 Å². The van der Waals surface area contributed by atoms with E-state index >= 15 is 0 Å². The Kier molecular flexibility index (Phi) is 6.14. The molecule has 0 N–H and O–H groups in total. The predicted molar refractivity (Wildman–Crippen MR) is 36.3 cm³/mol. The molecule has 0 bridgehead atoms. The molecule has 9 heavy (non-hydrogen) atoms. The van der Waals surface area contributed by atoms with E-state index in [-0.39, 0.29) is 5.97 Å². The Bertz CT molecular complexity index is 110. The molecule has 0 aromatic carbocycles. The second kappa shape index (κ2) is 6.13. The summed E-state index contributed by atoms with van der Waals surface area (Å²) in [6.07, 6.45) is 3.09. The van der Waals surface area contributed by atoms with Crippen LogP contribution in [0.2, 0.25) is 4.44 Å². The molecular weight excluding hydrogens is 223 g/mol. The van der Waals surface area contributed by atoms with E-state index in [2.05, 4.69) is 0 Å². The normalized spacial score (nSPS) is 10.0. The minimum atomic E-state index is -0.236. The van der Waals surface area contributed by atoms with Gasteiger partial charge in [0, 0.05) is 0 Å². The maximum atomic E-state index is 10.5. The topological polar surface area (TPSA) is 26.3 Å². The average Bonchev–Trinajstić information content (AvgIpc) is 1.85. The summed E-state index contributed by atoms with van der Waals surface area (Å²) < 4.78 is 5.70. The van der Waals surface area contributed by atoms with Crippen LogP contribution in [0.1, 0.15) is 6.92 Å². The molecule has 0 amide bonds. The van der Waals surface area contributed by atoms with Gasteiger partial charge in [0.05, 0.1) is 0 Å². The van der Waals surface area contributed by atoms with Gasteiger partial charge < -0.3 is 0 Å². The van der Waals surface area contributed by atoms with Crippen LogP contribution in [0, 0.1) is 0 Å². The molecule has 2 nitrogen and oxygen atoms in total. The Labute approximate surface area is 68.4 Å². The summed E-state index contributed by atoms with van der Waals surface area (Å²) in [6, 6.07) is 0. The quantitative estimate of drug-likeness (QED) is 0.406. The molecule has 3 heteroatoms. The van der Waals surface area contributed by atoms with Gasteiger partial charge in [-0.25, -0.2) is 0 Å². The van der Waals surface area contributed by atoms with E-state index in [0.717, 1.165) is 4.44 Å². The molecule has 0 spiro atoms. The average molecular weight is 232 g/mol. The third kappa shape index (κ3) is 5.89. The van der Waals surface area contributed by atoms with E-state index in [0.29, 0.717) is 6.61 Å². The summed E-state index contributed by atoms with van der Waals surface area (Å²) in [5.41, 5.74) is 0. The predicted octanol–water partition coefficient (Wildman–Crippen LogP) is 0.693. The zero-order valence-corrected chi connectivity index (χ0v) is 8.24. The molecule has 0 aromatic heterocycles. The number of hydrogen-bond acceptors (Lipinski definition) is 2. The fraction of sp³-hybridized carbons (Fsp3) is 0.500. The zero-order chi connectivity index (χ0) is 7.11. The third-order valence-corrected chi connectivity index (χ3v) is 1.23. The first kappa shape index (κ1) is 9.01. The van der Waals surface area contributed by atoms with E-state index < -0.39 is 0 Å². The monoisotopic (exact) mass is 233 g/mol. The van der Waals surface area contributed by atoms with Crippen molar-refractivity contribution in [3.8, 4) is 0 Å². The molecule has 3 radical (unpaired) electrons. The maximum absolute atomic E-state index is 10.5. The Balaban J connectivity index is 3.27. The van der Waals surface area contributed by atoms with E-state index in [9.17, 15) is 4.79 Å². The van der Waals surface area contributed by atoms with Crippen molar-refractivity contribution in [3.05, 3.63) is 12.2 Å². The van der Waals surface area contributed by atoms with Gasteiger partial charge in [0.1, 0.15) is 0 Å². The van der Waals surface area contributed by atoms with Crippen molar-refractivity contribution < 1.29 is 9.53 Å². The Morgan fingerprint density at radius 2 is 2.44 bits per heavy atom. The van der Waals surface area contributed by atoms with Crippen molar-refractivity contribution in [2.24, 2.45) is 0 Å². The Hall–Kier alpha value is 0.00870. The molecule has 0 aliphatic rings. The summed E-state index contributed by atoms with van der Waals surface area (Å²) in [4.78, 5) is 10.5. The molecule has 0 atom stereocenters. The number of hydrogen-bond donors (Lipinski definition) is 0. The van der Waals surface area contributed by atoms with Crippen molar-refractivity contribution in [1.29, 1.82) is 0 Å². The molecule has 0 rings (SSSR count). The van der Waals surface area contributed by atoms with Gasteiger partial charge in [-0.05, 0) is 0 Å². The number of rotatable bonds is 3. The van der Waals surface area contributed by atoms with Crippen LogP contribution in [0.3, 0.4) is 0 Å². The summed E-state index contributed by atoms with van der Waals surface area (Å²) in [6.45, 7) is 2.35. The van der Waals surface area contributed by atoms with Crippen LogP contribution < -0.4 is 0 Å². The second-order valence-electron chi connectivity index (χ2n) is 1.42. The SMILES string of the molecule is CC=CC(=O)OC[CH2][Sn]. The van der Waals surface area contributed by atoms with Crippen LogP contribution in [-0.2, 0) is 9.53 Å². The third-order valence-electron chi connectivity index (χ3n) is 0.649. The van der Waals surface area contributed by atoms with Crippen LogP contribution in [0.4, 0.5) is 0 Å². The van der Waals surface area contributed by atoms with Crippen LogP contribution in [-0.4, -0.2) is 35.1 Å². The Morgan fingerprint density at radius 3 is 2.89 bits per heavy atom. The van der Waals surface area contributed by atoms with Crippen LogP contribution >= 0.6 is 0 Å². The first-order valence-electron chi connectivity index (χ1n) is 2.75. The Morgan fingerprint density at radius 1 is 1.78 bits per heavy atom. The van der Waals surface area contributed by atoms with Crippen LogP contribution in [0.15, 0.2) is 12.2 Å². The van der Waals surface area contributed by atoms with Gasteiger partial charge in [0.2, 0.25) is 0 Å². The van der Waals surface area contributed by atoms with E-state index in [1.807, 2.05) is 0 Å². The number of carbonyl (C=O) groups is 1. The molecule has 0 aliphatic heterocycles. The first-order valence-corrected chi connectivity index (χ1v) is 4.77. The van der Waals surface area contributed by atoms with Crippen molar-refractivity contribution >= 4 is 28.5 Å². The first-order chi connectivity index (χ1) is 4.31. The summed E-state index contributed by atoms with van der Waals surface area (Å²) in [7, 11) is 0. The number of esters is 1. The molecular formula is C6H9O2Sn. The van der Waals surface area contributed by atoms with Gasteiger partial charge in [0.25, 0.3) is 0 Å². The van der Waals surface area contributed by atoms with Crippen molar-refractivity contribution in [2.45, 2.75) is 11.4 Å². The standard InChI is InChI=1S/C6H9O2.Sn/c1-3-5-6(7)8-4-2;/h3,5H,2,4H2,1H3;. The molecule has 0 heterocycles. The molecule has 0 aromatic rings. The molecule has 0 aliphatic carbocycles. The van der Waals surface area contributed by atoms with Gasteiger partial charge in [-0.15, -0.1) is 0 Å². The van der Waals surface area contributed by atoms with Crippen LogP contribution in [0.5, 0.6) is 0 Å². The fourth-order valence-corrected chi connectivity index (χ4v) is 0.627. The van der Waals surface area contributed by atoms with Crippen molar-refractivity contribution in [1.82, 2.24) is 0 Å². The van der Waals surface area contributed by atoms with E-state index in [1.165, 1.54) is 28.6 Å². The minimum absolute atomic E-state index is 0.236. The fourth-order valence-electron chi connectivity index (χ4n) is 0.336. The van der Waals surface area contributed by atoms with Gasteiger partial charge in [0.15, 0.2) is 0 Å². The number of ether oxygens (including phenoxy) is 1. The zero-order valence-electron chi connectivity index (χ0n) is 5.39. The number of carbonyl (C=O) groups excluding carboxylic acids is 1. The summed E-state index contributed by atoms with van der Waals surface area (Å²) in [5, 5.41) is 0. The molecule has 49 valence electrons. The van der Waals surface area contributed by atoms with Gasteiger partial charge in [-0.3, -0.25) is 0 Å². The number of allylic oxidation sites excluding steroid dienone is 1.